The first-order valence-corrected chi connectivity index (χ1v) is 6.57. The Labute approximate surface area is 94.2 Å². The normalized spacial score (nSPS) is 48.4. The van der Waals surface area contributed by atoms with Gasteiger partial charge in [-0.3, -0.25) is 4.90 Å². The van der Waals surface area contributed by atoms with E-state index in [1.54, 1.807) is 0 Å². The first-order valence-electron chi connectivity index (χ1n) is 6.57. The molecule has 2 heteroatoms. The molecule has 2 N–H and O–H groups in total. The fourth-order valence-electron chi connectivity index (χ4n) is 3.77. The highest BCUT2D eigenvalue weighted by atomic mass is 15.2. The maximum absolute atomic E-state index is 6.34. The average molecular weight is 210 g/mol. The molecule has 1 aliphatic heterocycles. The van der Waals surface area contributed by atoms with Crippen LogP contribution in [0.25, 0.3) is 0 Å². The molecule has 1 saturated carbocycles. The summed E-state index contributed by atoms with van der Waals surface area (Å²) in [4.78, 5) is 2.66. The second kappa shape index (κ2) is 4.42. The Morgan fingerprint density at radius 3 is 2.33 bits per heavy atom. The highest BCUT2D eigenvalue weighted by molar-refractivity contribution is 4.94. The van der Waals surface area contributed by atoms with Crippen molar-refractivity contribution < 1.29 is 0 Å². The lowest BCUT2D eigenvalue weighted by atomic mass is 9.76. The molecule has 0 spiro atoms. The summed E-state index contributed by atoms with van der Waals surface area (Å²) in [5, 5.41) is 0. The summed E-state index contributed by atoms with van der Waals surface area (Å²) in [6.45, 7) is 9.65. The van der Waals surface area contributed by atoms with Gasteiger partial charge in [0.15, 0.2) is 0 Å². The summed E-state index contributed by atoms with van der Waals surface area (Å²) in [5.41, 5.74) is 6.34. The van der Waals surface area contributed by atoms with Crippen molar-refractivity contribution in [1.29, 1.82) is 0 Å². The first-order chi connectivity index (χ1) is 7.08. The number of hydrogen-bond acceptors (Lipinski definition) is 2. The summed E-state index contributed by atoms with van der Waals surface area (Å²) in [5.74, 6) is 2.49. The molecule has 15 heavy (non-hydrogen) atoms. The van der Waals surface area contributed by atoms with Crippen molar-refractivity contribution >= 4 is 0 Å². The standard InChI is InChI=1S/C13H26N2/c1-9-4-5-15(8-9)13-11(3)6-10(2)7-12(13)14/h9-13H,4-8,14H2,1-3H3. The molecule has 2 aliphatic rings. The van der Waals surface area contributed by atoms with Gasteiger partial charge in [-0.15, -0.1) is 0 Å². The monoisotopic (exact) mass is 210 g/mol. The minimum atomic E-state index is 0.411. The van der Waals surface area contributed by atoms with E-state index in [0.717, 1.165) is 17.8 Å². The second-order valence-electron chi connectivity index (χ2n) is 6.10. The van der Waals surface area contributed by atoms with Crippen LogP contribution < -0.4 is 5.73 Å². The summed E-state index contributed by atoms with van der Waals surface area (Å²) >= 11 is 0. The van der Waals surface area contributed by atoms with Gasteiger partial charge in [0.25, 0.3) is 0 Å². The molecule has 0 aromatic rings. The van der Waals surface area contributed by atoms with Crippen LogP contribution >= 0.6 is 0 Å². The molecule has 1 aliphatic carbocycles. The number of likely N-dealkylation sites (tertiary alicyclic amines) is 1. The van der Waals surface area contributed by atoms with E-state index in [4.69, 9.17) is 5.73 Å². The van der Waals surface area contributed by atoms with Crippen LogP contribution in [0.2, 0.25) is 0 Å². The average Bonchev–Trinajstić information content (AvgIpc) is 2.49. The third kappa shape index (κ3) is 2.36. The number of hydrogen-bond donors (Lipinski definition) is 1. The molecule has 2 fully saturated rings. The van der Waals surface area contributed by atoms with Gasteiger partial charge in [-0.2, -0.15) is 0 Å². The van der Waals surface area contributed by atoms with Crippen LogP contribution in [0.1, 0.15) is 40.0 Å². The zero-order valence-corrected chi connectivity index (χ0v) is 10.4. The number of nitrogens with two attached hydrogens (primary N) is 1. The maximum atomic E-state index is 6.34. The molecule has 0 amide bonds. The van der Waals surface area contributed by atoms with E-state index in [0.29, 0.717) is 12.1 Å². The van der Waals surface area contributed by atoms with E-state index in [9.17, 15) is 0 Å². The van der Waals surface area contributed by atoms with Crippen LogP contribution in [-0.4, -0.2) is 30.1 Å². The van der Waals surface area contributed by atoms with Gasteiger partial charge in [-0.25, -0.2) is 0 Å². The van der Waals surface area contributed by atoms with E-state index in [1.807, 2.05) is 0 Å². The van der Waals surface area contributed by atoms with Crippen molar-refractivity contribution in [2.24, 2.45) is 23.5 Å². The molecule has 2 nitrogen and oxygen atoms in total. The minimum absolute atomic E-state index is 0.411. The van der Waals surface area contributed by atoms with Gasteiger partial charge in [0, 0.05) is 18.6 Å². The van der Waals surface area contributed by atoms with Gasteiger partial charge < -0.3 is 5.73 Å². The van der Waals surface area contributed by atoms with Crippen LogP contribution in [0.5, 0.6) is 0 Å². The van der Waals surface area contributed by atoms with Gasteiger partial charge in [-0.1, -0.05) is 20.8 Å². The number of nitrogens with zero attached hydrogens (tertiary/aromatic N) is 1. The molecule has 1 saturated heterocycles. The fourth-order valence-corrected chi connectivity index (χ4v) is 3.77. The molecule has 5 atom stereocenters. The highest BCUT2D eigenvalue weighted by Crippen LogP contribution is 2.33. The lowest BCUT2D eigenvalue weighted by Gasteiger charge is -2.43. The summed E-state index contributed by atoms with van der Waals surface area (Å²) in [6.07, 6.45) is 3.95. The Hall–Kier alpha value is -0.0800. The summed E-state index contributed by atoms with van der Waals surface area (Å²) < 4.78 is 0. The summed E-state index contributed by atoms with van der Waals surface area (Å²) in [6, 6.07) is 1.07. The second-order valence-corrected chi connectivity index (χ2v) is 6.10. The van der Waals surface area contributed by atoms with E-state index in [-0.39, 0.29) is 0 Å². The Kier molecular flexibility index (Phi) is 3.36. The molecule has 0 bridgehead atoms. The van der Waals surface area contributed by atoms with Crippen LogP contribution in [0.3, 0.4) is 0 Å². The fraction of sp³-hybridized carbons (Fsp3) is 1.00. The molecule has 5 unspecified atom stereocenters. The molecule has 0 aromatic carbocycles. The van der Waals surface area contributed by atoms with E-state index in [2.05, 4.69) is 25.7 Å². The van der Waals surface area contributed by atoms with Crippen molar-refractivity contribution in [3.05, 3.63) is 0 Å². The van der Waals surface area contributed by atoms with Gasteiger partial charge in [0.1, 0.15) is 0 Å². The smallest absolute Gasteiger partial charge is 0.0273 e. The van der Waals surface area contributed by atoms with Gasteiger partial charge in [0.2, 0.25) is 0 Å². The lowest BCUT2D eigenvalue weighted by Crippen LogP contribution is -2.54. The Morgan fingerprint density at radius 2 is 1.80 bits per heavy atom. The maximum Gasteiger partial charge on any atom is 0.0273 e. The first kappa shape index (κ1) is 11.4. The van der Waals surface area contributed by atoms with Crippen LogP contribution in [0.15, 0.2) is 0 Å². The van der Waals surface area contributed by atoms with Crippen LogP contribution in [0.4, 0.5) is 0 Å². The SMILES string of the molecule is CC1CC(C)C(N2CCC(C)C2)C(N)C1. The quantitative estimate of drug-likeness (QED) is 0.718. The van der Waals surface area contributed by atoms with Gasteiger partial charge >= 0.3 is 0 Å². The highest BCUT2D eigenvalue weighted by Gasteiger charge is 2.37. The van der Waals surface area contributed by atoms with E-state index in [1.165, 1.54) is 32.4 Å². The van der Waals surface area contributed by atoms with Crippen LogP contribution in [0, 0.1) is 17.8 Å². The Balaban J connectivity index is 2.00. The van der Waals surface area contributed by atoms with Gasteiger partial charge in [-0.05, 0) is 43.6 Å². The molecule has 2 rings (SSSR count). The Morgan fingerprint density at radius 1 is 1.07 bits per heavy atom. The molecular formula is C13H26N2. The van der Waals surface area contributed by atoms with Crippen LogP contribution in [-0.2, 0) is 0 Å². The topological polar surface area (TPSA) is 29.3 Å². The third-order valence-corrected chi connectivity index (χ3v) is 4.35. The largest absolute Gasteiger partial charge is 0.326 e. The lowest BCUT2D eigenvalue weighted by molar-refractivity contribution is 0.0925. The van der Waals surface area contributed by atoms with Crippen molar-refractivity contribution in [3.63, 3.8) is 0 Å². The number of rotatable bonds is 1. The van der Waals surface area contributed by atoms with E-state index < -0.39 is 0 Å². The molecule has 0 aromatic heterocycles. The van der Waals surface area contributed by atoms with Crippen molar-refractivity contribution in [2.45, 2.75) is 52.1 Å². The zero-order valence-electron chi connectivity index (χ0n) is 10.4. The predicted molar refractivity (Wildman–Crippen MR) is 64.7 cm³/mol. The molecule has 0 radical (unpaired) electrons. The minimum Gasteiger partial charge on any atom is -0.326 e. The summed E-state index contributed by atoms with van der Waals surface area (Å²) in [7, 11) is 0. The van der Waals surface area contributed by atoms with Gasteiger partial charge in [0.05, 0.1) is 0 Å². The van der Waals surface area contributed by atoms with Crippen molar-refractivity contribution in [3.8, 4) is 0 Å². The molecule has 88 valence electrons. The zero-order chi connectivity index (χ0) is 11.0. The Bertz CT molecular complexity index is 205. The molecular weight excluding hydrogens is 184 g/mol. The van der Waals surface area contributed by atoms with Crippen molar-refractivity contribution in [2.75, 3.05) is 13.1 Å². The van der Waals surface area contributed by atoms with Crippen molar-refractivity contribution in [1.82, 2.24) is 4.90 Å². The molecule has 1 heterocycles. The third-order valence-electron chi connectivity index (χ3n) is 4.35. The predicted octanol–water partition coefficient (Wildman–Crippen LogP) is 2.09. The van der Waals surface area contributed by atoms with E-state index >= 15 is 0 Å².